The molecular weight excluding hydrogens is 564 g/mol. The Balaban J connectivity index is 1.56. The van der Waals surface area contributed by atoms with Gasteiger partial charge >= 0.3 is 6.03 Å². The van der Waals surface area contributed by atoms with Crippen LogP contribution in [0.2, 0.25) is 0 Å². The molecule has 0 spiro atoms. The third kappa shape index (κ3) is 8.13. The number of para-hydroxylation sites is 1. The molecule has 1 heterocycles. The van der Waals surface area contributed by atoms with Crippen LogP contribution in [0.1, 0.15) is 11.1 Å². The van der Waals surface area contributed by atoms with E-state index in [-0.39, 0.29) is 25.6 Å². The van der Waals surface area contributed by atoms with Gasteiger partial charge in [-0.3, -0.25) is 4.79 Å². The van der Waals surface area contributed by atoms with Crippen molar-refractivity contribution in [3.05, 3.63) is 78.0 Å². The van der Waals surface area contributed by atoms with Gasteiger partial charge in [0.1, 0.15) is 18.0 Å². The monoisotopic (exact) mass is 604 g/mol. The highest BCUT2D eigenvalue weighted by Crippen LogP contribution is 2.29. The molecule has 234 valence electrons. The fourth-order valence-corrected chi connectivity index (χ4v) is 4.88. The number of carbonyl (C=O) groups excluding carboxylic acids is 2. The van der Waals surface area contributed by atoms with Crippen LogP contribution in [0.15, 0.2) is 66.9 Å². The summed E-state index contributed by atoms with van der Waals surface area (Å²) in [7, 11) is 7.78. The van der Waals surface area contributed by atoms with Gasteiger partial charge in [-0.15, -0.1) is 0 Å². The molecule has 11 nitrogen and oxygen atoms in total. The third-order valence-electron chi connectivity index (χ3n) is 7.28. The molecule has 1 aromatic heterocycles. The van der Waals surface area contributed by atoms with Crippen LogP contribution in [-0.4, -0.2) is 88.5 Å². The molecule has 3 aromatic carbocycles. The van der Waals surface area contributed by atoms with E-state index in [1.54, 1.807) is 44.4 Å². The number of fused-ring (bicyclic) bond motifs is 1. The Morgan fingerprint density at radius 2 is 1.52 bits per heavy atom. The number of ether oxygens (including phenoxy) is 5. The van der Waals surface area contributed by atoms with Crippen LogP contribution < -0.4 is 24.3 Å². The number of anilines is 1. The van der Waals surface area contributed by atoms with E-state index in [0.717, 1.165) is 22.0 Å². The van der Waals surface area contributed by atoms with Gasteiger partial charge in [-0.25, -0.2) is 4.79 Å². The summed E-state index contributed by atoms with van der Waals surface area (Å²) in [4.78, 5) is 33.9. The molecule has 2 N–H and O–H groups in total. The number of hydrogen-bond acceptors (Lipinski definition) is 7. The minimum absolute atomic E-state index is 0.155. The molecule has 0 aliphatic carbocycles. The van der Waals surface area contributed by atoms with Crippen LogP contribution in [0.3, 0.4) is 0 Å². The summed E-state index contributed by atoms with van der Waals surface area (Å²) < 4.78 is 26.8. The SMILES string of the molecule is COCCN(CC(=O)N(CCc1c[nH]c2ccccc12)Cc1ccc(OC)c(OC)c1)C(=O)Nc1cc(OC)cc(OC)c1. The molecular formula is C33H40N4O7. The van der Waals surface area contributed by atoms with Crippen LogP contribution in [0.25, 0.3) is 10.9 Å². The van der Waals surface area contributed by atoms with Gasteiger partial charge in [0.25, 0.3) is 0 Å². The first-order chi connectivity index (χ1) is 21.4. The largest absolute Gasteiger partial charge is 0.497 e. The minimum Gasteiger partial charge on any atom is -0.497 e. The summed E-state index contributed by atoms with van der Waals surface area (Å²) >= 11 is 0. The van der Waals surface area contributed by atoms with Gasteiger partial charge in [-0.05, 0) is 35.7 Å². The quantitative estimate of drug-likeness (QED) is 0.197. The molecule has 4 rings (SSSR count). The summed E-state index contributed by atoms with van der Waals surface area (Å²) in [5.41, 5.74) is 3.48. The van der Waals surface area contributed by atoms with Crippen molar-refractivity contribution in [1.82, 2.24) is 14.8 Å². The smallest absolute Gasteiger partial charge is 0.322 e. The highest BCUT2D eigenvalue weighted by molar-refractivity contribution is 5.93. The van der Waals surface area contributed by atoms with E-state index in [1.165, 1.54) is 19.1 Å². The lowest BCUT2D eigenvalue weighted by molar-refractivity contribution is -0.132. The highest BCUT2D eigenvalue weighted by atomic mass is 16.5. The lowest BCUT2D eigenvalue weighted by Gasteiger charge is -2.28. The number of rotatable bonds is 15. The number of H-pyrrole nitrogens is 1. The fraction of sp³-hybridized carbons (Fsp3) is 0.333. The zero-order valence-corrected chi connectivity index (χ0v) is 25.8. The summed E-state index contributed by atoms with van der Waals surface area (Å²) in [6, 6.07) is 18.3. The molecule has 3 amide bonds. The zero-order valence-electron chi connectivity index (χ0n) is 25.8. The van der Waals surface area contributed by atoms with Crippen LogP contribution in [0, 0.1) is 0 Å². The van der Waals surface area contributed by atoms with Crippen molar-refractivity contribution >= 4 is 28.5 Å². The van der Waals surface area contributed by atoms with E-state index in [0.29, 0.717) is 48.2 Å². The number of amides is 3. The first kappa shape index (κ1) is 32.0. The van der Waals surface area contributed by atoms with Gasteiger partial charge in [0.2, 0.25) is 5.91 Å². The Labute approximate surface area is 257 Å². The standard InChI is InChI=1S/C33H40N4O7/c1-40-15-14-37(33(39)35-25-17-26(41-2)19-27(18-25)42-3)22-32(38)36(21-23-10-11-30(43-4)31(16-23)44-5)13-12-24-20-34-29-9-7-6-8-28(24)29/h6-11,16-20,34H,12-15,21-22H2,1-5H3,(H,35,39). The van der Waals surface area contributed by atoms with Crippen LogP contribution in [0.5, 0.6) is 23.0 Å². The van der Waals surface area contributed by atoms with E-state index in [1.807, 2.05) is 42.6 Å². The second kappa shape index (κ2) is 15.5. The first-order valence-electron chi connectivity index (χ1n) is 14.2. The van der Waals surface area contributed by atoms with Crippen LogP contribution in [0.4, 0.5) is 10.5 Å². The van der Waals surface area contributed by atoms with Gasteiger partial charge in [-0.2, -0.15) is 0 Å². The Morgan fingerprint density at radius 1 is 0.795 bits per heavy atom. The third-order valence-corrected chi connectivity index (χ3v) is 7.28. The maximum absolute atomic E-state index is 13.9. The molecule has 0 aliphatic heterocycles. The zero-order chi connectivity index (χ0) is 31.5. The number of nitrogens with one attached hydrogen (secondary N) is 2. The van der Waals surface area contributed by atoms with E-state index < -0.39 is 6.03 Å². The molecule has 44 heavy (non-hydrogen) atoms. The van der Waals surface area contributed by atoms with Crippen LogP contribution >= 0.6 is 0 Å². The number of carbonyl (C=O) groups is 2. The number of benzene rings is 3. The van der Waals surface area contributed by atoms with Crippen molar-refractivity contribution in [3.8, 4) is 23.0 Å². The lowest BCUT2D eigenvalue weighted by Crippen LogP contribution is -2.46. The normalized spacial score (nSPS) is 10.8. The van der Waals surface area contributed by atoms with Gasteiger partial charge in [0, 0.05) is 67.7 Å². The predicted molar refractivity (Wildman–Crippen MR) is 169 cm³/mol. The highest BCUT2D eigenvalue weighted by Gasteiger charge is 2.23. The Kier molecular flexibility index (Phi) is 11.3. The predicted octanol–water partition coefficient (Wildman–Crippen LogP) is 4.95. The molecule has 0 fully saturated rings. The van der Waals surface area contributed by atoms with E-state index in [2.05, 4.69) is 16.4 Å². The summed E-state index contributed by atoms with van der Waals surface area (Å²) in [5, 5.41) is 3.97. The van der Waals surface area contributed by atoms with Gasteiger partial charge in [0.05, 0.1) is 35.0 Å². The summed E-state index contributed by atoms with van der Waals surface area (Å²) in [6.07, 6.45) is 2.60. The number of urea groups is 1. The fourth-order valence-electron chi connectivity index (χ4n) is 4.88. The first-order valence-corrected chi connectivity index (χ1v) is 14.2. The average Bonchev–Trinajstić information content (AvgIpc) is 3.47. The molecule has 11 heteroatoms. The van der Waals surface area contributed by atoms with Crippen molar-refractivity contribution in [2.45, 2.75) is 13.0 Å². The number of aromatic amines is 1. The van der Waals surface area contributed by atoms with E-state index in [9.17, 15) is 9.59 Å². The second-order valence-corrected chi connectivity index (χ2v) is 10.1. The van der Waals surface area contributed by atoms with Crippen molar-refractivity contribution in [3.63, 3.8) is 0 Å². The minimum atomic E-state index is -0.451. The molecule has 0 unspecified atom stereocenters. The topological polar surface area (TPSA) is 115 Å². The molecule has 4 aromatic rings. The number of hydrogen-bond donors (Lipinski definition) is 2. The summed E-state index contributed by atoms with van der Waals surface area (Å²) in [6.45, 7) is 1.06. The molecule has 0 saturated heterocycles. The van der Waals surface area contributed by atoms with Gasteiger partial charge in [0.15, 0.2) is 11.5 Å². The van der Waals surface area contributed by atoms with Crippen molar-refractivity contribution in [2.75, 3.05) is 67.1 Å². The second-order valence-electron chi connectivity index (χ2n) is 10.1. The van der Waals surface area contributed by atoms with Crippen molar-refractivity contribution in [1.29, 1.82) is 0 Å². The number of nitrogens with zero attached hydrogens (tertiary/aromatic N) is 2. The molecule has 0 aliphatic rings. The van der Waals surface area contributed by atoms with Crippen molar-refractivity contribution < 1.29 is 33.3 Å². The molecule has 0 bridgehead atoms. The number of methoxy groups -OCH3 is 5. The van der Waals surface area contributed by atoms with Gasteiger partial charge < -0.3 is 43.8 Å². The number of aromatic nitrogens is 1. The molecule has 0 atom stereocenters. The maximum Gasteiger partial charge on any atom is 0.322 e. The molecule has 0 radical (unpaired) electrons. The Hall–Kier alpha value is -4.90. The average molecular weight is 605 g/mol. The van der Waals surface area contributed by atoms with Gasteiger partial charge in [-0.1, -0.05) is 24.3 Å². The summed E-state index contributed by atoms with van der Waals surface area (Å²) in [5.74, 6) is 2.01. The van der Waals surface area contributed by atoms with E-state index in [4.69, 9.17) is 23.7 Å². The van der Waals surface area contributed by atoms with Crippen LogP contribution in [-0.2, 0) is 22.5 Å². The molecule has 0 saturated carbocycles. The Bertz CT molecular complexity index is 1530. The maximum atomic E-state index is 13.9. The lowest BCUT2D eigenvalue weighted by atomic mass is 10.1. The van der Waals surface area contributed by atoms with E-state index >= 15 is 0 Å². The Morgan fingerprint density at radius 3 is 2.20 bits per heavy atom. The van der Waals surface area contributed by atoms with Crippen molar-refractivity contribution in [2.24, 2.45) is 0 Å².